The van der Waals surface area contributed by atoms with E-state index in [1.54, 1.807) is 41.3 Å². The van der Waals surface area contributed by atoms with Crippen LogP contribution in [0.3, 0.4) is 0 Å². The normalized spacial score (nSPS) is 18.0. The molecule has 3 amide bonds. The molecule has 4 rings (SSSR count). The van der Waals surface area contributed by atoms with Gasteiger partial charge in [0.2, 0.25) is 11.8 Å². The fourth-order valence-electron chi connectivity index (χ4n) is 4.15. The van der Waals surface area contributed by atoms with Gasteiger partial charge in [-0.25, -0.2) is 0 Å². The molecule has 1 atom stereocenters. The van der Waals surface area contributed by atoms with Gasteiger partial charge < -0.3 is 14.5 Å². The Bertz CT molecular complexity index is 1020. The van der Waals surface area contributed by atoms with Gasteiger partial charge in [-0.15, -0.1) is 13.2 Å². The Hall–Kier alpha value is -3.56. The largest absolute Gasteiger partial charge is 0.573 e. The number of imide groups is 1. The highest BCUT2D eigenvalue weighted by Crippen LogP contribution is 2.31. The quantitative estimate of drug-likeness (QED) is 0.640. The highest BCUT2D eigenvalue weighted by molar-refractivity contribution is 6.05. The van der Waals surface area contributed by atoms with Crippen molar-refractivity contribution in [3.63, 3.8) is 0 Å². The van der Waals surface area contributed by atoms with Gasteiger partial charge in [0.15, 0.2) is 0 Å². The predicted molar refractivity (Wildman–Crippen MR) is 112 cm³/mol. The van der Waals surface area contributed by atoms with Gasteiger partial charge in [0, 0.05) is 50.8 Å². The lowest BCUT2D eigenvalue weighted by Gasteiger charge is -2.39. The minimum atomic E-state index is -4.78. The van der Waals surface area contributed by atoms with E-state index in [1.807, 2.05) is 4.90 Å². The SMILES string of the molecule is O=C(C(c1ccccc1)N1C(=O)CCC1=O)N1CCN(c2cccc(OC(F)(F)F)c2)CC1. The monoisotopic (exact) mass is 461 g/mol. The zero-order chi connectivity index (χ0) is 23.6. The van der Waals surface area contributed by atoms with Gasteiger partial charge in [-0.2, -0.15) is 0 Å². The molecule has 2 aromatic rings. The number of benzene rings is 2. The maximum atomic E-state index is 13.4. The molecular weight excluding hydrogens is 439 g/mol. The first-order valence-corrected chi connectivity index (χ1v) is 10.5. The van der Waals surface area contributed by atoms with E-state index in [4.69, 9.17) is 0 Å². The minimum absolute atomic E-state index is 0.0829. The van der Waals surface area contributed by atoms with Crippen LogP contribution in [0.25, 0.3) is 0 Å². The number of halogens is 3. The van der Waals surface area contributed by atoms with Gasteiger partial charge in [-0.1, -0.05) is 36.4 Å². The van der Waals surface area contributed by atoms with E-state index in [9.17, 15) is 27.6 Å². The lowest BCUT2D eigenvalue weighted by atomic mass is 10.0. The fraction of sp³-hybridized carbons (Fsp3) is 0.348. The van der Waals surface area contributed by atoms with E-state index in [2.05, 4.69) is 4.74 Å². The molecule has 2 aliphatic heterocycles. The number of amides is 3. The fourth-order valence-corrected chi connectivity index (χ4v) is 4.15. The molecule has 2 aliphatic rings. The standard InChI is InChI=1S/C23H22F3N3O4/c24-23(25,26)33-18-8-4-7-17(15-18)27-11-13-28(14-12-27)22(32)21(16-5-2-1-3-6-16)29-19(30)9-10-20(29)31/h1-8,15,21H,9-14H2. The molecule has 7 nitrogen and oxygen atoms in total. The summed E-state index contributed by atoms with van der Waals surface area (Å²) >= 11 is 0. The van der Waals surface area contributed by atoms with E-state index < -0.39 is 12.4 Å². The number of ether oxygens (including phenoxy) is 1. The van der Waals surface area contributed by atoms with E-state index >= 15 is 0 Å². The number of anilines is 1. The summed E-state index contributed by atoms with van der Waals surface area (Å²) < 4.78 is 41.6. The second kappa shape index (κ2) is 9.13. The second-order valence-electron chi connectivity index (χ2n) is 7.83. The summed E-state index contributed by atoms with van der Waals surface area (Å²) in [6, 6.07) is 13.4. The van der Waals surface area contributed by atoms with Crippen LogP contribution < -0.4 is 9.64 Å². The zero-order valence-corrected chi connectivity index (χ0v) is 17.6. The number of rotatable bonds is 5. The van der Waals surface area contributed by atoms with Crippen LogP contribution >= 0.6 is 0 Å². The van der Waals surface area contributed by atoms with E-state index in [0.29, 0.717) is 37.4 Å². The lowest BCUT2D eigenvalue weighted by molar-refractivity contribution is -0.274. The Kier molecular flexibility index (Phi) is 6.26. The van der Waals surface area contributed by atoms with Crippen LogP contribution in [-0.2, 0) is 14.4 Å². The number of piperazine rings is 1. The van der Waals surface area contributed by atoms with Crippen molar-refractivity contribution in [2.24, 2.45) is 0 Å². The van der Waals surface area contributed by atoms with Crippen molar-refractivity contribution in [3.8, 4) is 5.75 Å². The molecule has 10 heteroatoms. The smallest absolute Gasteiger partial charge is 0.406 e. The maximum absolute atomic E-state index is 13.4. The van der Waals surface area contributed by atoms with Gasteiger partial charge in [-0.05, 0) is 17.7 Å². The Balaban J connectivity index is 1.48. The molecule has 2 fully saturated rings. The Morgan fingerprint density at radius 3 is 2.12 bits per heavy atom. The number of alkyl halides is 3. The Morgan fingerprint density at radius 1 is 0.879 bits per heavy atom. The Morgan fingerprint density at radius 2 is 1.52 bits per heavy atom. The van der Waals surface area contributed by atoms with Gasteiger partial charge in [0.25, 0.3) is 5.91 Å². The molecule has 2 heterocycles. The maximum Gasteiger partial charge on any atom is 0.573 e. The van der Waals surface area contributed by atoms with E-state index in [-0.39, 0.29) is 36.3 Å². The number of carbonyl (C=O) groups excluding carboxylic acids is 3. The number of hydrogen-bond acceptors (Lipinski definition) is 5. The molecule has 0 bridgehead atoms. The first-order chi connectivity index (χ1) is 15.7. The number of carbonyl (C=O) groups is 3. The number of likely N-dealkylation sites (tertiary alicyclic amines) is 1. The van der Waals surface area contributed by atoms with E-state index in [1.165, 1.54) is 18.2 Å². The first-order valence-electron chi connectivity index (χ1n) is 10.5. The molecule has 0 aliphatic carbocycles. The molecule has 0 aromatic heterocycles. The summed E-state index contributed by atoms with van der Waals surface area (Å²) in [6.45, 7) is 1.35. The average molecular weight is 461 g/mol. The van der Waals surface area contributed by atoms with Gasteiger partial charge >= 0.3 is 6.36 Å². The number of nitrogens with zero attached hydrogens (tertiary/aromatic N) is 3. The van der Waals surface area contributed by atoms with Gasteiger partial charge in [-0.3, -0.25) is 19.3 Å². The lowest BCUT2D eigenvalue weighted by Crippen LogP contribution is -2.53. The van der Waals surface area contributed by atoms with Crippen LogP contribution in [0.4, 0.5) is 18.9 Å². The van der Waals surface area contributed by atoms with Crippen LogP contribution in [0.1, 0.15) is 24.4 Å². The van der Waals surface area contributed by atoms with Crippen molar-refractivity contribution in [2.45, 2.75) is 25.2 Å². The summed E-state index contributed by atoms with van der Waals surface area (Å²) in [5.41, 5.74) is 1.11. The van der Waals surface area contributed by atoms with Crippen molar-refractivity contribution in [2.75, 3.05) is 31.1 Å². The molecule has 2 saturated heterocycles. The van der Waals surface area contributed by atoms with Crippen molar-refractivity contribution in [1.82, 2.24) is 9.80 Å². The minimum Gasteiger partial charge on any atom is -0.406 e. The summed E-state index contributed by atoms with van der Waals surface area (Å²) in [5, 5.41) is 0. The third-order valence-corrected chi connectivity index (χ3v) is 5.71. The summed E-state index contributed by atoms with van der Waals surface area (Å²) in [4.78, 5) is 42.7. The number of hydrogen-bond donors (Lipinski definition) is 0. The first kappa shape index (κ1) is 22.6. The van der Waals surface area contributed by atoms with Crippen molar-refractivity contribution in [1.29, 1.82) is 0 Å². The molecular formula is C23H22F3N3O4. The highest BCUT2D eigenvalue weighted by atomic mass is 19.4. The van der Waals surface area contributed by atoms with E-state index in [0.717, 1.165) is 4.90 Å². The third-order valence-electron chi connectivity index (χ3n) is 5.71. The molecule has 2 aromatic carbocycles. The molecule has 1 unspecified atom stereocenters. The van der Waals surface area contributed by atoms with Crippen molar-refractivity contribution >= 4 is 23.4 Å². The summed E-state index contributed by atoms with van der Waals surface area (Å²) in [5.74, 6) is -1.41. The molecule has 0 saturated carbocycles. The van der Waals surface area contributed by atoms with Gasteiger partial charge in [0.05, 0.1) is 0 Å². The molecule has 0 spiro atoms. The summed E-state index contributed by atoms with van der Waals surface area (Å²) in [7, 11) is 0. The molecule has 0 N–H and O–H groups in total. The van der Waals surface area contributed by atoms with Crippen molar-refractivity contribution in [3.05, 3.63) is 60.2 Å². The average Bonchev–Trinajstić information content (AvgIpc) is 3.12. The molecule has 0 radical (unpaired) electrons. The van der Waals surface area contributed by atoms with Crippen LogP contribution in [0, 0.1) is 0 Å². The molecule has 174 valence electrons. The highest BCUT2D eigenvalue weighted by Gasteiger charge is 2.41. The van der Waals surface area contributed by atoms with Crippen LogP contribution in [0.15, 0.2) is 54.6 Å². The van der Waals surface area contributed by atoms with Crippen molar-refractivity contribution < 1.29 is 32.3 Å². The zero-order valence-electron chi connectivity index (χ0n) is 17.6. The topological polar surface area (TPSA) is 70.2 Å². The van der Waals surface area contributed by atoms with Crippen LogP contribution in [0.2, 0.25) is 0 Å². The van der Waals surface area contributed by atoms with Crippen LogP contribution in [0.5, 0.6) is 5.75 Å². The summed E-state index contributed by atoms with van der Waals surface area (Å²) in [6.07, 6.45) is -4.61. The third kappa shape index (κ3) is 5.10. The second-order valence-corrected chi connectivity index (χ2v) is 7.83. The Labute approximate surface area is 188 Å². The van der Waals surface area contributed by atoms with Crippen LogP contribution in [-0.4, -0.2) is 60.1 Å². The predicted octanol–water partition coefficient (Wildman–Crippen LogP) is 3.12. The molecule has 33 heavy (non-hydrogen) atoms. The van der Waals surface area contributed by atoms with Gasteiger partial charge in [0.1, 0.15) is 11.8 Å².